The minimum atomic E-state index is -4.32. The van der Waals surface area contributed by atoms with Gasteiger partial charge in [-0.05, 0) is 30.8 Å². The molecule has 0 radical (unpaired) electrons. The Labute approximate surface area is 108 Å². The number of hydrogen-bond acceptors (Lipinski definition) is 3. The number of nitrogens with zero attached hydrogens (tertiary/aromatic N) is 3. The van der Waals surface area contributed by atoms with E-state index in [-0.39, 0.29) is 0 Å². The maximum absolute atomic E-state index is 12.4. The van der Waals surface area contributed by atoms with Crippen LogP contribution in [-0.2, 0) is 12.7 Å². The molecule has 4 nitrogen and oxygen atoms in total. The largest absolute Gasteiger partial charge is 0.416 e. The molecule has 0 fully saturated rings. The lowest BCUT2D eigenvalue weighted by atomic mass is 10.2. The van der Waals surface area contributed by atoms with Crippen LogP contribution in [0.2, 0.25) is 0 Å². The fourth-order valence-electron chi connectivity index (χ4n) is 1.56. The summed E-state index contributed by atoms with van der Waals surface area (Å²) in [5.74, 6) is 0. The molecule has 19 heavy (non-hydrogen) atoms. The second-order valence-electron chi connectivity index (χ2n) is 3.98. The highest BCUT2D eigenvalue weighted by atomic mass is 19.4. The van der Waals surface area contributed by atoms with E-state index in [2.05, 4.69) is 15.6 Å². The molecule has 0 saturated carbocycles. The molecule has 1 heterocycles. The van der Waals surface area contributed by atoms with Crippen molar-refractivity contribution in [2.45, 2.75) is 19.6 Å². The van der Waals surface area contributed by atoms with Crippen molar-refractivity contribution in [1.29, 1.82) is 0 Å². The van der Waals surface area contributed by atoms with Crippen LogP contribution < -0.4 is 5.32 Å². The van der Waals surface area contributed by atoms with Crippen LogP contribution in [0.4, 0.5) is 13.2 Å². The molecule has 0 bridgehead atoms. The maximum Gasteiger partial charge on any atom is 0.416 e. The Morgan fingerprint density at radius 1 is 1.21 bits per heavy atom. The molecular weight excluding hydrogens is 257 g/mol. The van der Waals surface area contributed by atoms with E-state index in [1.54, 1.807) is 6.20 Å². The first-order chi connectivity index (χ1) is 9.00. The van der Waals surface area contributed by atoms with Gasteiger partial charge in [0, 0.05) is 6.54 Å². The van der Waals surface area contributed by atoms with Crippen LogP contribution >= 0.6 is 0 Å². The van der Waals surface area contributed by atoms with Gasteiger partial charge in [-0.3, -0.25) is 0 Å². The molecule has 0 aliphatic rings. The van der Waals surface area contributed by atoms with E-state index in [4.69, 9.17) is 0 Å². The van der Waals surface area contributed by atoms with Gasteiger partial charge in [-0.25, -0.2) is 4.68 Å². The molecule has 0 amide bonds. The molecule has 1 aromatic carbocycles. The first-order valence-corrected chi connectivity index (χ1v) is 5.80. The summed E-state index contributed by atoms with van der Waals surface area (Å²) in [6, 6.07) is 4.80. The summed E-state index contributed by atoms with van der Waals surface area (Å²) in [7, 11) is 0. The molecule has 0 aliphatic heterocycles. The summed E-state index contributed by atoms with van der Waals surface area (Å²) in [5.41, 5.74) is 0.606. The summed E-state index contributed by atoms with van der Waals surface area (Å²) in [5, 5.41) is 10.9. The fraction of sp³-hybridized carbons (Fsp3) is 0.333. The van der Waals surface area contributed by atoms with Crippen molar-refractivity contribution in [3.05, 3.63) is 41.7 Å². The molecule has 0 aliphatic carbocycles. The normalized spacial score (nSPS) is 11.8. The average molecular weight is 270 g/mol. The van der Waals surface area contributed by atoms with Crippen molar-refractivity contribution in [3.8, 4) is 5.69 Å². The van der Waals surface area contributed by atoms with Gasteiger partial charge in [0.15, 0.2) is 0 Å². The molecule has 0 atom stereocenters. The first-order valence-electron chi connectivity index (χ1n) is 5.80. The van der Waals surface area contributed by atoms with Gasteiger partial charge in [-0.1, -0.05) is 12.1 Å². The van der Waals surface area contributed by atoms with Gasteiger partial charge in [-0.15, -0.1) is 5.10 Å². The summed E-state index contributed by atoms with van der Waals surface area (Å²) in [6.07, 6.45) is -2.64. The molecule has 102 valence electrons. The first kappa shape index (κ1) is 13.5. The standard InChI is InChI=1S/C12H13F3N4/c1-2-16-7-10-8-19(18-17-10)11-5-3-9(4-6-11)12(13,14)15/h3-6,8,16H,2,7H2,1H3. The average Bonchev–Trinajstić information content (AvgIpc) is 2.84. The second kappa shape index (κ2) is 5.40. The van der Waals surface area contributed by atoms with Crippen LogP contribution in [0, 0.1) is 0 Å². The van der Waals surface area contributed by atoms with Gasteiger partial charge in [-0.2, -0.15) is 13.2 Å². The zero-order valence-corrected chi connectivity index (χ0v) is 10.3. The van der Waals surface area contributed by atoms with Gasteiger partial charge in [0.05, 0.1) is 23.1 Å². The highest BCUT2D eigenvalue weighted by Gasteiger charge is 2.30. The van der Waals surface area contributed by atoms with Crippen LogP contribution in [0.15, 0.2) is 30.5 Å². The fourth-order valence-corrected chi connectivity index (χ4v) is 1.56. The van der Waals surface area contributed by atoms with Crippen LogP contribution in [0.3, 0.4) is 0 Å². The Morgan fingerprint density at radius 2 is 1.89 bits per heavy atom. The number of nitrogens with one attached hydrogen (secondary N) is 1. The number of aromatic nitrogens is 3. The molecular formula is C12H13F3N4. The molecule has 2 aromatic rings. The van der Waals surface area contributed by atoms with Gasteiger partial charge in [0.2, 0.25) is 0 Å². The minimum Gasteiger partial charge on any atom is -0.311 e. The van der Waals surface area contributed by atoms with Crippen LogP contribution in [0.1, 0.15) is 18.2 Å². The number of hydrogen-bond donors (Lipinski definition) is 1. The van der Waals surface area contributed by atoms with Crippen molar-refractivity contribution in [1.82, 2.24) is 20.3 Å². The lowest BCUT2D eigenvalue weighted by Crippen LogP contribution is -2.11. The predicted molar refractivity (Wildman–Crippen MR) is 63.7 cm³/mol. The summed E-state index contributed by atoms with van der Waals surface area (Å²) in [4.78, 5) is 0. The third-order valence-corrected chi connectivity index (χ3v) is 2.56. The molecule has 0 spiro atoms. The third kappa shape index (κ3) is 3.31. The number of rotatable bonds is 4. The molecule has 0 saturated heterocycles. The van der Waals surface area contributed by atoms with Crippen molar-refractivity contribution in [2.24, 2.45) is 0 Å². The Balaban J connectivity index is 2.16. The second-order valence-corrected chi connectivity index (χ2v) is 3.98. The SMILES string of the molecule is CCNCc1cn(-c2ccc(C(F)(F)F)cc2)nn1. The smallest absolute Gasteiger partial charge is 0.311 e. The zero-order valence-electron chi connectivity index (χ0n) is 10.3. The summed E-state index contributed by atoms with van der Waals surface area (Å²) >= 11 is 0. The quantitative estimate of drug-likeness (QED) is 0.927. The van der Waals surface area contributed by atoms with E-state index in [1.165, 1.54) is 16.8 Å². The van der Waals surface area contributed by atoms with E-state index in [1.807, 2.05) is 6.92 Å². The number of alkyl halides is 3. The van der Waals surface area contributed by atoms with Gasteiger partial charge in [0.25, 0.3) is 0 Å². The highest BCUT2D eigenvalue weighted by Crippen LogP contribution is 2.29. The topological polar surface area (TPSA) is 42.7 Å². The monoisotopic (exact) mass is 270 g/mol. The summed E-state index contributed by atoms with van der Waals surface area (Å²) in [6.45, 7) is 3.37. The van der Waals surface area contributed by atoms with E-state index in [9.17, 15) is 13.2 Å². The van der Waals surface area contributed by atoms with Crippen molar-refractivity contribution >= 4 is 0 Å². The Bertz CT molecular complexity index is 531. The zero-order chi connectivity index (χ0) is 13.9. The van der Waals surface area contributed by atoms with Crippen LogP contribution in [0.5, 0.6) is 0 Å². The van der Waals surface area contributed by atoms with E-state index >= 15 is 0 Å². The highest BCUT2D eigenvalue weighted by molar-refractivity contribution is 5.34. The van der Waals surface area contributed by atoms with Gasteiger partial charge >= 0.3 is 6.18 Å². The molecule has 2 rings (SSSR count). The van der Waals surface area contributed by atoms with Gasteiger partial charge in [0.1, 0.15) is 0 Å². The van der Waals surface area contributed by atoms with Crippen molar-refractivity contribution < 1.29 is 13.2 Å². The number of halogens is 3. The Hall–Kier alpha value is -1.89. The Kier molecular flexibility index (Phi) is 3.84. The van der Waals surface area contributed by atoms with E-state index in [0.717, 1.165) is 24.4 Å². The lowest BCUT2D eigenvalue weighted by molar-refractivity contribution is -0.137. The van der Waals surface area contributed by atoms with E-state index in [0.29, 0.717) is 12.2 Å². The summed E-state index contributed by atoms with van der Waals surface area (Å²) < 4.78 is 38.7. The number of benzene rings is 1. The van der Waals surface area contributed by atoms with Crippen molar-refractivity contribution in [2.75, 3.05) is 6.54 Å². The maximum atomic E-state index is 12.4. The lowest BCUT2D eigenvalue weighted by Gasteiger charge is -2.07. The van der Waals surface area contributed by atoms with Crippen molar-refractivity contribution in [3.63, 3.8) is 0 Å². The molecule has 7 heteroatoms. The molecule has 0 unspecified atom stereocenters. The van der Waals surface area contributed by atoms with Crippen LogP contribution in [0.25, 0.3) is 5.69 Å². The van der Waals surface area contributed by atoms with E-state index < -0.39 is 11.7 Å². The van der Waals surface area contributed by atoms with Crippen LogP contribution in [-0.4, -0.2) is 21.5 Å². The molecule has 1 aromatic heterocycles. The van der Waals surface area contributed by atoms with Gasteiger partial charge < -0.3 is 5.32 Å². The minimum absolute atomic E-state index is 0.545. The Morgan fingerprint density at radius 3 is 2.47 bits per heavy atom. The molecule has 1 N–H and O–H groups in total. The third-order valence-electron chi connectivity index (χ3n) is 2.56. The predicted octanol–water partition coefficient (Wildman–Crippen LogP) is 2.40.